The van der Waals surface area contributed by atoms with Crippen LogP contribution in [0, 0.1) is 16.7 Å². The van der Waals surface area contributed by atoms with Gasteiger partial charge in [-0.2, -0.15) is 0 Å². The minimum absolute atomic E-state index is 0.373. The quantitative estimate of drug-likeness (QED) is 0.401. The van der Waals surface area contributed by atoms with E-state index in [1.54, 1.807) is 12.2 Å². The molecule has 1 N–H and O–H groups in total. The molecule has 1 amide bonds. The fourth-order valence-electron chi connectivity index (χ4n) is 1.46. The Hall–Kier alpha value is -1.52. The average molecular weight is 183 g/mol. The summed E-state index contributed by atoms with van der Waals surface area (Å²) < 4.78 is 0. The van der Waals surface area contributed by atoms with Crippen molar-refractivity contribution in [3.05, 3.63) is 17.1 Å². The van der Waals surface area contributed by atoms with Crippen LogP contribution in [0.2, 0.25) is 0 Å². The van der Waals surface area contributed by atoms with Gasteiger partial charge in [0.15, 0.2) is 0 Å². The third-order valence-corrected chi connectivity index (χ3v) is 2.10. The molecule has 0 bridgehead atoms. The van der Waals surface area contributed by atoms with Crippen molar-refractivity contribution in [3.8, 4) is 0 Å². The van der Waals surface area contributed by atoms with E-state index in [-0.39, 0.29) is 5.92 Å². The molecule has 0 saturated heterocycles. The Morgan fingerprint density at radius 2 is 2.23 bits per heavy atom. The molecule has 0 aromatic heterocycles. The monoisotopic (exact) mass is 183 g/mol. The van der Waals surface area contributed by atoms with Gasteiger partial charge in [-0.1, -0.05) is 12.2 Å². The van der Waals surface area contributed by atoms with Crippen LogP contribution in [-0.2, 0) is 9.59 Å². The first-order chi connectivity index (χ1) is 6.16. The van der Waals surface area contributed by atoms with Crippen LogP contribution in [0.15, 0.2) is 17.3 Å². The molecule has 1 aliphatic carbocycles. The molecular weight excluding hydrogens is 174 g/mol. The van der Waals surface area contributed by atoms with Crippen LogP contribution in [0.25, 0.3) is 0 Å². The fraction of sp³-hybridized carbons (Fsp3) is 0.500. The second-order valence-corrected chi connectivity index (χ2v) is 2.91. The van der Waals surface area contributed by atoms with Gasteiger partial charge in [-0.3, -0.25) is 9.59 Å². The zero-order valence-electron chi connectivity index (χ0n) is 6.84. The Balaban J connectivity index is 2.78. The number of nitrogens with zero attached hydrogens (tertiary/aromatic N) is 1. The van der Waals surface area contributed by atoms with E-state index in [2.05, 4.69) is 5.18 Å². The van der Waals surface area contributed by atoms with Crippen molar-refractivity contribution >= 4 is 11.9 Å². The Kier molecular flexibility index (Phi) is 2.89. The summed E-state index contributed by atoms with van der Waals surface area (Å²) >= 11 is 0. The maximum atomic E-state index is 10.8. The lowest BCUT2D eigenvalue weighted by Crippen LogP contribution is -2.28. The van der Waals surface area contributed by atoms with Gasteiger partial charge in [0.2, 0.25) is 0 Å². The van der Waals surface area contributed by atoms with Crippen LogP contribution in [0.3, 0.4) is 0 Å². The number of hydrogen-bond donors (Lipinski definition) is 1. The van der Waals surface area contributed by atoms with Gasteiger partial charge in [-0.15, -0.1) is 4.91 Å². The standard InChI is InChI=1S/C8H9NO4/c10-7(9-13)6(8(11)12)5-3-1-2-4-5/h1,3,5-6H,2,4H2,(H,11,12). The predicted octanol–water partition coefficient (Wildman–Crippen LogP) is 0.946. The highest BCUT2D eigenvalue weighted by Gasteiger charge is 2.35. The summed E-state index contributed by atoms with van der Waals surface area (Å²) in [6.07, 6.45) is 4.80. The minimum atomic E-state index is -1.30. The number of rotatable bonds is 3. The van der Waals surface area contributed by atoms with E-state index in [0.29, 0.717) is 6.42 Å². The number of allylic oxidation sites excluding steroid dienone is 2. The Morgan fingerprint density at radius 3 is 2.62 bits per heavy atom. The van der Waals surface area contributed by atoms with Gasteiger partial charge in [0.1, 0.15) is 5.92 Å². The smallest absolute Gasteiger partial charge is 0.316 e. The number of aliphatic carboxylic acids is 1. The zero-order chi connectivity index (χ0) is 9.84. The van der Waals surface area contributed by atoms with Gasteiger partial charge in [0, 0.05) is 5.18 Å². The lowest BCUT2D eigenvalue weighted by molar-refractivity contribution is -0.147. The fourth-order valence-corrected chi connectivity index (χ4v) is 1.46. The molecular formula is C8H9NO4. The predicted molar refractivity (Wildman–Crippen MR) is 43.8 cm³/mol. The van der Waals surface area contributed by atoms with Crippen LogP contribution in [0.4, 0.5) is 0 Å². The lowest BCUT2D eigenvalue weighted by atomic mass is 9.91. The normalized spacial score (nSPS) is 22.6. The molecule has 0 fully saturated rings. The van der Waals surface area contributed by atoms with Gasteiger partial charge in [-0.25, -0.2) is 0 Å². The highest BCUT2D eigenvalue weighted by Crippen LogP contribution is 2.26. The molecule has 0 aromatic carbocycles. The average Bonchev–Trinajstić information content (AvgIpc) is 2.56. The van der Waals surface area contributed by atoms with Crippen LogP contribution in [0.1, 0.15) is 12.8 Å². The molecule has 5 nitrogen and oxygen atoms in total. The van der Waals surface area contributed by atoms with Crippen LogP contribution in [-0.4, -0.2) is 17.0 Å². The summed E-state index contributed by atoms with van der Waals surface area (Å²) in [6.45, 7) is 0. The van der Waals surface area contributed by atoms with E-state index in [4.69, 9.17) is 5.11 Å². The summed E-state index contributed by atoms with van der Waals surface area (Å²) in [5.41, 5.74) is 0. The van der Waals surface area contributed by atoms with Gasteiger partial charge >= 0.3 is 11.9 Å². The molecule has 0 spiro atoms. The van der Waals surface area contributed by atoms with Crippen LogP contribution < -0.4 is 0 Å². The number of carboxylic acids is 1. The van der Waals surface area contributed by atoms with Crippen molar-refractivity contribution in [1.29, 1.82) is 0 Å². The van der Waals surface area contributed by atoms with Crippen LogP contribution >= 0.6 is 0 Å². The van der Waals surface area contributed by atoms with Gasteiger partial charge in [0.25, 0.3) is 0 Å². The lowest BCUT2D eigenvalue weighted by Gasteiger charge is -2.12. The largest absolute Gasteiger partial charge is 0.481 e. The van der Waals surface area contributed by atoms with E-state index < -0.39 is 17.8 Å². The molecule has 0 heterocycles. The topological polar surface area (TPSA) is 83.8 Å². The van der Waals surface area contributed by atoms with E-state index in [0.717, 1.165) is 6.42 Å². The van der Waals surface area contributed by atoms with Crippen molar-refractivity contribution in [3.63, 3.8) is 0 Å². The summed E-state index contributed by atoms with van der Waals surface area (Å²) in [5.74, 6) is -4.04. The first-order valence-electron chi connectivity index (χ1n) is 3.93. The van der Waals surface area contributed by atoms with E-state index >= 15 is 0 Å². The molecule has 0 saturated carbocycles. The van der Waals surface area contributed by atoms with E-state index in [1.165, 1.54) is 0 Å². The Bertz CT molecular complexity index is 271. The summed E-state index contributed by atoms with van der Waals surface area (Å²) in [6, 6.07) is 0. The second kappa shape index (κ2) is 3.93. The second-order valence-electron chi connectivity index (χ2n) is 2.91. The highest BCUT2D eigenvalue weighted by molar-refractivity contribution is 5.97. The maximum Gasteiger partial charge on any atom is 0.316 e. The summed E-state index contributed by atoms with van der Waals surface area (Å²) in [4.78, 5) is 31.4. The maximum absolute atomic E-state index is 10.8. The van der Waals surface area contributed by atoms with Crippen molar-refractivity contribution in [2.45, 2.75) is 12.8 Å². The minimum Gasteiger partial charge on any atom is -0.481 e. The third kappa shape index (κ3) is 1.99. The number of amides is 1. The van der Waals surface area contributed by atoms with Crippen molar-refractivity contribution in [1.82, 2.24) is 0 Å². The first-order valence-corrected chi connectivity index (χ1v) is 3.93. The number of carbonyl (C=O) groups excluding carboxylic acids is 1. The zero-order valence-corrected chi connectivity index (χ0v) is 6.84. The molecule has 0 aromatic rings. The van der Waals surface area contributed by atoms with Crippen molar-refractivity contribution < 1.29 is 14.7 Å². The first kappa shape index (κ1) is 9.57. The summed E-state index contributed by atoms with van der Waals surface area (Å²) in [7, 11) is 0. The molecule has 2 unspecified atom stereocenters. The van der Waals surface area contributed by atoms with Gasteiger partial charge in [-0.05, 0) is 18.8 Å². The van der Waals surface area contributed by atoms with Crippen LogP contribution in [0.5, 0.6) is 0 Å². The van der Waals surface area contributed by atoms with Crippen molar-refractivity contribution in [2.24, 2.45) is 17.0 Å². The number of hydrogen-bond acceptors (Lipinski definition) is 3. The van der Waals surface area contributed by atoms with E-state index in [9.17, 15) is 14.5 Å². The SMILES string of the molecule is O=NC(=O)C(C(=O)O)C1C=CCC1. The molecule has 1 rings (SSSR count). The Labute approximate surface area is 74.4 Å². The Morgan fingerprint density at radius 1 is 1.54 bits per heavy atom. The molecule has 1 aliphatic rings. The van der Waals surface area contributed by atoms with Crippen molar-refractivity contribution in [2.75, 3.05) is 0 Å². The molecule has 0 radical (unpaired) electrons. The van der Waals surface area contributed by atoms with Gasteiger partial charge in [0.05, 0.1) is 0 Å². The molecule has 0 aliphatic heterocycles. The molecule has 2 atom stereocenters. The number of nitroso groups, excluding NO2 is 1. The number of carboxylic acid groups (broad SMARTS) is 1. The molecule has 70 valence electrons. The third-order valence-electron chi connectivity index (χ3n) is 2.10. The summed E-state index contributed by atoms with van der Waals surface area (Å²) in [5, 5.41) is 10.8. The highest BCUT2D eigenvalue weighted by atomic mass is 16.4. The van der Waals surface area contributed by atoms with E-state index in [1.807, 2.05) is 0 Å². The number of carbonyl (C=O) groups is 2. The molecule has 13 heavy (non-hydrogen) atoms. The van der Waals surface area contributed by atoms with Gasteiger partial charge < -0.3 is 5.11 Å². The molecule has 5 heteroatoms.